The van der Waals surface area contributed by atoms with Crippen LogP contribution < -0.4 is 21.5 Å². The molecular weight excluding hydrogens is 556 g/mol. The SMILES string of the molecule is O=c1ccn(C2CC(F)(F)C2)c(=O)n1Cc1cc2nccc(-c3cc(Cl)cc4c3N(C3CCNC3)CCC4)c2s1. The van der Waals surface area contributed by atoms with E-state index < -0.39 is 23.2 Å². The average molecular weight is 584 g/mol. The largest absolute Gasteiger partial charge is 0.366 e. The molecule has 0 spiro atoms. The van der Waals surface area contributed by atoms with E-state index in [1.54, 1.807) is 6.20 Å². The van der Waals surface area contributed by atoms with Gasteiger partial charge in [0.1, 0.15) is 0 Å². The molecule has 5 heterocycles. The molecule has 1 unspecified atom stereocenters. The predicted molar refractivity (Wildman–Crippen MR) is 154 cm³/mol. The highest BCUT2D eigenvalue weighted by Crippen LogP contribution is 2.46. The van der Waals surface area contributed by atoms with Crippen LogP contribution in [0.3, 0.4) is 0 Å². The van der Waals surface area contributed by atoms with Crippen LogP contribution in [0.15, 0.2) is 52.3 Å². The van der Waals surface area contributed by atoms with Gasteiger partial charge < -0.3 is 10.2 Å². The zero-order valence-corrected chi connectivity index (χ0v) is 23.3. The second-order valence-electron chi connectivity index (χ2n) is 11.0. The van der Waals surface area contributed by atoms with Gasteiger partial charge in [0.2, 0.25) is 0 Å². The van der Waals surface area contributed by atoms with E-state index in [2.05, 4.69) is 21.3 Å². The number of fused-ring (bicyclic) bond motifs is 2. The van der Waals surface area contributed by atoms with E-state index in [0.717, 1.165) is 69.7 Å². The minimum absolute atomic E-state index is 0.0512. The van der Waals surface area contributed by atoms with Gasteiger partial charge in [-0.2, -0.15) is 0 Å². The number of hydrogen-bond acceptors (Lipinski definition) is 6. The maximum atomic E-state index is 13.5. The van der Waals surface area contributed by atoms with E-state index in [1.165, 1.54) is 39.4 Å². The van der Waals surface area contributed by atoms with E-state index in [9.17, 15) is 18.4 Å². The van der Waals surface area contributed by atoms with Crippen molar-refractivity contribution in [2.45, 2.75) is 56.7 Å². The summed E-state index contributed by atoms with van der Waals surface area (Å²) in [5.74, 6) is -2.76. The summed E-state index contributed by atoms with van der Waals surface area (Å²) in [5.41, 5.74) is 4.32. The first kappa shape index (κ1) is 25.9. The van der Waals surface area contributed by atoms with Gasteiger partial charge in [-0.3, -0.25) is 18.9 Å². The van der Waals surface area contributed by atoms with Crippen LogP contribution in [-0.4, -0.2) is 45.7 Å². The maximum absolute atomic E-state index is 13.5. The van der Waals surface area contributed by atoms with E-state index in [4.69, 9.17) is 11.6 Å². The standard InChI is InChI=1S/C29H28ClF2N5O2S/c30-18-10-17-2-1-8-35(19-3-6-33-15-19)26(17)23(11-18)22-4-7-34-24-12-21(40-27(22)24)16-37-25(38)5-9-36(28(37)39)20-13-29(31,32)14-20/h4-5,7,9-12,19-20,33H,1-3,6,8,13-16H2. The molecule has 3 aromatic heterocycles. The molecule has 0 bridgehead atoms. The summed E-state index contributed by atoms with van der Waals surface area (Å²) >= 11 is 8.14. The Morgan fingerprint density at radius 1 is 1.12 bits per heavy atom. The molecule has 2 aliphatic heterocycles. The lowest BCUT2D eigenvalue weighted by molar-refractivity contribution is -0.105. The fraction of sp³-hybridized carbons (Fsp3) is 0.414. The van der Waals surface area contributed by atoms with Crippen molar-refractivity contribution in [2.24, 2.45) is 0 Å². The first-order valence-corrected chi connectivity index (χ1v) is 14.8. The van der Waals surface area contributed by atoms with Crippen molar-refractivity contribution in [2.75, 3.05) is 24.5 Å². The van der Waals surface area contributed by atoms with Crippen molar-refractivity contribution >= 4 is 38.8 Å². The van der Waals surface area contributed by atoms with Gasteiger partial charge in [0.15, 0.2) is 0 Å². The molecule has 1 saturated heterocycles. The summed E-state index contributed by atoms with van der Waals surface area (Å²) in [6, 6.07) is 9.13. The maximum Gasteiger partial charge on any atom is 0.331 e. The number of aromatic nitrogens is 3. The van der Waals surface area contributed by atoms with Crippen LogP contribution in [0.25, 0.3) is 21.3 Å². The Kier molecular flexibility index (Phi) is 6.32. The minimum Gasteiger partial charge on any atom is -0.366 e. The van der Waals surface area contributed by atoms with Crippen molar-refractivity contribution in [3.8, 4) is 11.1 Å². The molecule has 11 heteroatoms. The monoisotopic (exact) mass is 583 g/mol. The van der Waals surface area contributed by atoms with Gasteiger partial charge in [0.05, 0.1) is 16.8 Å². The van der Waals surface area contributed by atoms with Gasteiger partial charge in [-0.25, -0.2) is 13.6 Å². The summed E-state index contributed by atoms with van der Waals surface area (Å²) in [4.78, 5) is 33.7. The van der Waals surface area contributed by atoms with Gasteiger partial charge in [-0.05, 0) is 55.6 Å². The van der Waals surface area contributed by atoms with Crippen LogP contribution >= 0.6 is 22.9 Å². The third-order valence-corrected chi connectivity index (χ3v) is 9.75. The highest BCUT2D eigenvalue weighted by Gasteiger charge is 2.46. The quantitative estimate of drug-likeness (QED) is 0.355. The Morgan fingerprint density at radius 3 is 2.75 bits per heavy atom. The molecule has 40 heavy (non-hydrogen) atoms. The Morgan fingerprint density at radius 2 is 1.98 bits per heavy atom. The molecule has 1 N–H and O–H groups in total. The lowest BCUT2D eigenvalue weighted by atomic mass is 9.88. The van der Waals surface area contributed by atoms with Crippen molar-refractivity contribution in [3.63, 3.8) is 0 Å². The van der Waals surface area contributed by atoms with Crippen LogP contribution in [0.4, 0.5) is 14.5 Å². The number of halogens is 3. The third-order valence-electron chi connectivity index (χ3n) is 8.39. The van der Waals surface area contributed by atoms with Gasteiger partial charge in [-0.1, -0.05) is 11.6 Å². The zero-order chi connectivity index (χ0) is 27.6. The summed E-state index contributed by atoms with van der Waals surface area (Å²) < 4.78 is 30.3. The topological polar surface area (TPSA) is 72.2 Å². The second-order valence-corrected chi connectivity index (χ2v) is 12.6. The number of hydrogen-bond donors (Lipinski definition) is 1. The molecular formula is C29H28ClF2N5O2S. The molecule has 0 radical (unpaired) electrons. The number of benzene rings is 1. The van der Waals surface area contributed by atoms with Crippen LogP contribution in [0.2, 0.25) is 5.02 Å². The summed E-state index contributed by atoms with van der Waals surface area (Å²) in [6.07, 6.45) is 5.49. The first-order chi connectivity index (χ1) is 19.3. The van der Waals surface area contributed by atoms with Crippen LogP contribution in [0.1, 0.15) is 42.2 Å². The predicted octanol–water partition coefficient (Wildman–Crippen LogP) is 5.07. The number of nitrogens with zero attached hydrogens (tertiary/aromatic N) is 4. The van der Waals surface area contributed by atoms with E-state index in [-0.39, 0.29) is 19.4 Å². The molecule has 7 rings (SSSR count). The number of aryl methyl sites for hydroxylation is 1. The van der Waals surface area contributed by atoms with Crippen molar-refractivity contribution < 1.29 is 8.78 Å². The molecule has 7 nitrogen and oxygen atoms in total. The summed E-state index contributed by atoms with van der Waals surface area (Å²) in [5, 5.41) is 4.18. The van der Waals surface area contributed by atoms with Gasteiger partial charge in [0.25, 0.3) is 11.5 Å². The van der Waals surface area contributed by atoms with E-state index in [1.807, 2.05) is 18.2 Å². The summed E-state index contributed by atoms with van der Waals surface area (Å²) in [6.45, 7) is 3.01. The van der Waals surface area contributed by atoms with Gasteiger partial charge in [0, 0.05) is 83.2 Å². The fourth-order valence-electron chi connectivity index (χ4n) is 6.43. The van der Waals surface area contributed by atoms with Gasteiger partial charge >= 0.3 is 5.69 Å². The summed E-state index contributed by atoms with van der Waals surface area (Å²) in [7, 11) is 0. The van der Waals surface area contributed by atoms with Gasteiger partial charge in [-0.15, -0.1) is 11.3 Å². The molecule has 2 fully saturated rings. The molecule has 1 atom stereocenters. The molecule has 1 aromatic carbocycles. The lowest BCUT2D eigenvalue weighted by Gasteiger charge is -2.38. The third kappa shape index (κ3) is 4.46. The zero-order valence-electron chi connectivity index (χ0n) is 21.7. The normalized spacial score (nSPS) is 20.6. The lowest BCUT2D eigenvalue weighted by Crippen LogP contribution is -2.46. The molecule has 4 aromatic rings. The Bertz CT molecular complexity index is 1730. The average Bonchev–Trinajstić information content (AvgIpc) is 3.59. The minimum atomic E-state index is -2.76. The second kappa shape index (κ2) is 9.78. The number of pyridine rings is 1. The first-order valence-electron chi connectivity index (χ1n) is 13.6. The number of thiophene rings is 1. The Labute approximate surface area is 238 Å². The highest BCUT2D eigenvalue weighted by molar-refractivity contribution is 7.19. The van der Waals surface area contributed by atoms with E-state index >= 15 is 0 Å². The van der Waals surface area contributed by atoms with E-state index in [0.29, 0.717) is 11.1 Å². The van der Waals surface area contributed by atoms with Crippen LogP contribution in [0, 0.1) is 0 Å². The molecule has 208 valence electrons. The number of rotatable bonds is 5. The molecule has 3 aliphatic rings. The van der Waals surface area contributed by atoms with Crippen LogP contribution in [0.5, 0.6) is 0 Å². The Balaban J connectivity index is 1.29. The molecule has 0 amide bonds. The van der Waals surface area contributed by atoms with Crippen molar-refractivity contribution in [1.29, 1.82) is 0 Å². The van der Waals surface area contributed by atoms with Crippen molar-refractivity contribution in [1.82, 2.24) is 19.4 Å². The highest BCUT2D eigenvalue weighted by atomic mass is 35.5. The fourth-order valence-corrected chi connectivity index (χ4v) is 7.80. The van der Waals surface area contributed by atoms with Crippen LogP contribution in [-0.2, 0) is 13.0 Å². The molecule has 1 aliphatic carbocycles. The Hall–Kier alpha value is -3.08. The molecule has 1 saturated carbocycles. The number of alkyl halides is 2. The van der Waals surface area contributed by atoms with Crippen molar-refractivity contribution in [3.05, 3.63) is 79.0 Å². The number of nitrogens with one attached hydrogen (secondary N) is 1. The smallest absolute Gasteiger partial charge is 0.331 e. The number of anilines is 1.